The number of carbonyl (C=O) groups excluding carboxylic acids is 1. The van der Waals surface area contributed by atoms with E-state index < -0.39 is 10.8 Å². The van der Waals surface area contributed by atoms with Gasteiger partial charge in [-0.05, 0) is 56.2 Å². The molecular formula is C24H22N4O4. The Morgan fingerprint density at radius 2 is 1.91 bits per heavy atom. The number of carbonyl (C=O) groups is 1. The van der Waals surface area contributed by atoms with E-state index in [0.29, 0.717) is 11.0 Å². The van der Waals surface area contributed by atoms with Crippen LogP contribution in [-0.4, -0.2) is 21.6 Å². The number of nitrogens with one attached hydrogen (secondary N) is 1. The average molecular weight is 430 g/mol. The van der Waals surface area contributed by atoms with Gasteiger partial charge in [-0.3, -0.25) is 14.9 Å². The highest BCUT2D eigenvalue weighted by Gasteiger charge is 2.15. The summed E-state index contributed by atoms with van der Waals surface area (Å²) >= 11 is 0. The fraction of sp³-hybridized carbons (Fsp3) is 0.167. The second-order valence-electron chi connectivity index (χ2n) is 7.47. The van der Waals surface area contributed by atoms with Crippen LogP contribution in [0, 0.1) is 24.0 Å². The molecule has 4 rings (SSSR count). The van der Waals surface area contributed by atoms with Gasteiger partial charge in [-0.25, -0.2) is 5.43 Å². The minimum atomic E-state index is -0.538. The molecule has 1 N–H and O–H groups in total. The molecule has 8 nitrogen and oxygen atoms in total. The molecule has 0 spiro atoms. The Hall–Kier alpha value is -4.20. The lowest BCUT2D eigenvalue weighted by Gasteiger charge is -2.10. The molecule has 32 heavy (non-hydrogen) atoms. The van der Waals surface area contributed by atoms with Crippen molar-refractivity contribution in [1.82, 2.24) is 9.99 Å². The summed E-state index contributed by atoms with van der Waals surface area (Å²) in [5.41, 5.74) is 8.05. The van der Waals surface area contributed by atoms with Crippen LogP contribution in [0.25, 0.3) is 16.7 Å². The molecule has 0 unspecified atom stereocenters. The number of rotatable bonds is 6. The number of nitro benzene ring substituents is 1. The number of non-ortho nitro benzene ring substituents is 1. The summed E-state index contributed by atoms with van der Waals surface area (Å²) in [6.45, 7) is 6.14. The quantitative estimate of drug-likeness (QED) is 0.262. The van der Waals surface area contributed by atoms with Crippen LogP contribution in [0.15, 0.2) is 64.1 Å². The third-order valence-corrected chi connectivity index (χ3v) is 5.38. The summed E-state index contributed by atoms with van der Waals surface area (Å²) in [6, 6.07) is 16.0. The number of aromatic nitrogens is 1. The molecule has 2 aromatic heterocycles. The number of benzene rings is 2. The van der Waals surface area contributed by atoms with Crippen molar-refractivity contribution in [2.75, 3.05) is 0 Å². The summed E-state index contributed by atoms with van der Waals surface area (Å²) in [4.78, 5) is 22.8. The van der Waals surface area contributed by atoms with Crippen LogP contribution < -0.4 is 5.43 Å². The van der Waals surface area contributed by atoms with Crippen LogP contribution in [0.4, 0.5) is 5.69 Å². The third-order valence-electron chi connectivity index (χ3n) is 5.38. The maximum atomic E-state index is 12.4. The molecule has 1 amide bonds. The number of amides is 1. The normalized spacial score (nSPS) is 11.3. The van der Waals surface area contributed by atoms with Gasteiger partial charge < -0.3 is 8.98 Å². The molecular weight excluding hydrogens is 408 g/mol. The second-order valence-corrected chi connectivity index (χ2v) is 7.47. The Morgan fingerprint density at radius 1 is 1.16 bits per heavy atom. The molecule has 2 heterocycles. The highest BCUT2D eigenvalue weighted by molar-refractivity contribution is 5.97. The predicted octanol–water partition coefficient (Wildman–Crippen LogP) is 5.07. The van der Waals surface area contributed by atoms with Gasteiger partial charge in [-0.1, -0.05) is 19.1 Å². The van der Waals surface area contributed by atoms with E-state index in [1.807, 2.05) is 19.9 Å². The van der Waals surface area contributed by atoms with Crippen LogP contribution in [0.1, 0.15) is 40.0 Å². The van der Waals surface area contributed by atoms with E-state index in [0.717, 1.165) is 29.1 Å². The number of aryl methyl sites for hydroxylation is 2. The third kappa shape index (κ3) is 4.02. The van der Waals surface area contributed by atoms with Crippen molar-refractivity contribution in [1.29, 1.82) is 0 Å². The van der Waals surface area contributed by atoms with E-state index in [1.54, 1.807) is 6.21 Å². The van der Waals surface area contributed by atoms with Crippen LogP contribution in [0.5, 0.6) is 0 Å². The number of hydrazone groups is 1. The van der Waals surface area contributed by atoms with Gasteiger partial charge in [0.25, 0.3) is 5.69 Å². The highest BCUT2D eigenvalue weighted by Crippen LogP contribution is 2.24. The van der Waals surface area contributed by atoms with E-state index in [-0.39, 0.29) is 11.4 Å². The van der Waals surface area contributed by atoms with Gasteiger partial charge in [0.15, 0.2) is 5.76 Å². The molecule has 4 aromatic rings. The molecule has 0 bridgehead atoms. The maximum Gasteiger partial charge on any atom is 0.307 e. The smallest absolute Gasteiger partial charge is 0.307 e. The van der Waals surface area contributed by atoms with Gasteiger partial charge in [0, 0.05) is 40.2 Å². The summed E-state index contributed by atoms with van der Waals surface area (Å²) in [5, 5.41) is 15.5. The standard InChI is InChI=1S/C24H22N4O4/c1-4-17-5-7-20(8-6-17)27-15(2)11-19(16(27)3)14-25-26-24(29)23-13-18-12-21(28(30)31)9-10-22(18)32-23/h5-14H,4H2,1-3H3,(H,26,29)/b25-14+. The molecule has 0 fully saturated rings. The topological polar surface area (TPSA) is 103 Å². The van der Waals surface area contributed by atoms with Crippen molar-refractivity contribution >= 4 is 28.8 Å². The van der Waals surface area contributed by atoms with Crippen LogP contribution in [0.3, 0.4) is 0 Å². The first-order valence-electron chi connectivity index (χ1n) is 10.2. The largest absolute Gasteiger partial charge is 0.451 e. The van der Waals surface area contributed by atoms with Crippen molar-refractivity contribution in [3.8, 4) is 5.69 Å². The van der Waals surface area contributed by atoms with E-state index in [2.05, 4.69) is 46.3 Å². The lowest BCUT2D eigenvalue weighted by atomic mass is 10.1. The Kier molecular flexibility index (Phi) is 5.59. The Balaban J connectivity index is 1.51. The summed E-state index contributed by atoms with van der Waals surface area (Å²) in [7, 11) is 0. The minimum absolute atomic E-state index is 0.0270. The van der Waals surface area contributed by atoms with Crippen LogP contribution >= 0.6 is 0 Å². The van der Waals surface area contributed by atoms with Gasteiger partial charge in [0.1, 0.15) is 5.58 Å². The summed E-state index contributed by atoms with van der Waals surface area (Å²) in [5.74, 6) is -0.511. The zero-order chi connectivity index (χ0) is 22.8. The van der Waals surface area contributed by atoms with Gasteiger partial charge in [-0.15, -0.1) is 0 Å². The fourth-order valence-corrected chi connectivity index (χ4v) is 3.67. The first kappa shape index (κ1) is 21.0. The number of nitro groups is 1. The number of nitrogens with zero attached hydrogens (tertiary/aromatic N) is 3. The Morgan fingerprint density at radius 3 is 2.59 bits per heavy atom. The maximum absolute atomic E-state index is 12.4. The van der Waals surface area contributed by atoms with Crippen molar-refractivity contribution < 1.29 is 14.1 Å². The van der Waals surface area contributed by atoms with Gasteiger partial charge in [0.2, 0.25) is 0 Å². The first-order chi connectivity index (χ1) is 15.4. The number of hydrogen-bond acceptors (Lipinski definition) is 5. The van der Waals surface area contributed by atoms with Crippen LogP contribution in [0.2, 0.25) is 0 Å². The SMILES string of the molecule is CCc1ccc(-n2c(C)cc(/C=N/NC(=O)c3cc4cc([N+](=O)[O-])ccc4o3)c2C)cc1. The van der Waals surface area contributed by atoms with Gasteiger partial charge >= 0.3 is 5.91 Å². The van der Waals surface area contributed by atoms with Crippen molar-refractivity contribution in [3.63, 3.8) is 0 Å². The number of fused-ring (bicyclic) bond motifs is 1. The molecule has 0 atom stereocenters. The molecule has 0 aliphatic rings. The molecule has 0 aliphatic carbocycles. The Labute approximate surface area is 184 Å². The molecule has 0 radical (unpaired) electrons. The van der Waals surface area contributed by atoms with Crippen molar-refractivity contribution in [3.05, 3.63) is 93.0 Å². The molecule has 162 valence electrons. The zero-order valence-electron chi connectivity index (χ0n) is 18.0. The molecule has 8 heteroatoms. The van der Waals surface area contributed by atoms with E-state index in [1.165, 1.54) is 29.8 Å². The lowest BCUT2D eigenvalue weighted by Crippen LogP contribution is -2.16. The van der Waals surface area contributed by atoms with E-state index in [4.69, 9.17) is 4.42 Å². The average Bonchev–Trinajstić information content (AvgIpc) is 3.33. The zero-order valence-corrected chi connectivity index (χ0v) is 18.0. The highest BCUT2D eigenvalue weighted by atomic mass is 16.6. The molecule has 2 aromatic carbocycles. The second kappa shape index (κ2) is 8.50. The summed E-state index contributed by atoms with van der Waals surface area (Å²) in [6.07, 6.45) is 2.58. The number of furan rings is 1. The molecule has 0 aliphatic heterocycles. The monoisotopic (exact) mass is 430 g/mol. The van der Waals surface area contributed by atoms with Gasteiger partial charge in [0.05, 0.1) is 11.1 Å². The van der Waals surface area contributed by atoms with Gasteiger partial charge in [-0.2, -0.15) is 5.10 Å². The lowest BCUT2D eigenvalue weighted by molar-refractivity contribution is -0.384. The predicted molar refractivity (Wildman–Crippen MR) is 123 cm³/mol. The first-order valence-corrected chi connectivity index (χ1v) is 10.2. The van der Waals surface area contributed by atoms with Crippen molar-refractivity contribution in [2.45, 2.75) is 27.2 Å². The number of hydrogen-bond donors (Lipinski definition) is 1. The van der Waals surface area contributed by atoms with Crippen molar-refractivity contribution in [2.24, 2.45) is 5.10 Å². The minimum Gasteiger partial charge on any atom is -0.451 e. The van der Waals surface area contributed by atoms with E-state index >= 15 is 0 Å². The Bertz CT molecular complexity index is 1350. The fourth-order valence-electron chi connectivity index (χ4n) is 3.67. The molecule has 0 saturated heterocycles. The summed E-state index contributed by atoms with van der Waals surface area (Å²) < 4.78 is 7.61. The van der Waals surface area contributed by atoms with Crippen LogP contribution in [-0.2, 0) is 6.42 Å². The molecule has 0 saturated carbocycles. The van der Waals surface area contributed by atoms with E-state index in [9.17, 15) is 14.9 Å².